The van der Waals surface area contributed by atoms with Gasteiger partial charge in [-0.25, -0.2) is 4.98 Å². The molecule has 4 aromatic rings. The van der Waals surface area contributed by atoms with Crippen molar-refractivity contribution in [3.05, 3.63) is 92.2 Å². The molecule has 1 aliphatic carbocycles. The van der Waals surface area contributed by atoms with Gasteiger partial charge in [0.05, 0.1) is 18.4 Å². The van der Waals surface area contributed by atoms with E-state index in [0.717, 1.165) is 22.6 Å². The number of fused-ring (bicyclic) bond motifs is 1. The number of pyridine rings is 1. The van der Waals surface area contributed by atoms with Gasteiger partial charge in [0.1, 0.15) is 10.8 Å². The summed E-state index contributed by atoms with van der Waals surface area (Å²) in [6.07, 6.45) is 1.01. The number of Topliss-reactive ketones (excluding diaryl/α,β-unsaturated/α-hetero) is 1. The molecule has 5 nitrogen and oxygen atoms in total. The van der Waals surface area contributed by atoms with Crippen LogP contribution in [0.1, 0.15) is 34.0 Å². The average molecular weight is 463 g/mol. The number of hydrogen-bond acceptors (Lipinski definition) is 5. The van der Waals surface area contributed by atoms with Crippen LogP contribution < -0.4 is 10.3 Å². The fraction of sp³-hybridized carbons (Fsp3) is 0.160. The number of ether oxygens (including phenoxy) is 1. The van der Waals surface area contributed by atoms with E-state index in [-0.39, 0.29) is 17.3 Å². The Bertz CT molecular complexity index is 1360. The zero-order valence-electron chi connectivity index (χ0n) is 17.2. The molecule has 0 saturated heterocycles. The highest BCUT2D eigenvalue weighted by molar-refractivity contribution is 7.13. The van der Waals surface area contributed by atoms with Crippen molar-refractivity contribution < 1.29 is 9.53 Å². The number of rotatable bonds is 4. The Balaban J connectivity index is 1.46. The van der Waals surface area contributed by atoms with E-state index in [1.165, 1.54) is 11.3 Å². The maximum Gasteiger partial charge on any atom is 0.258 e. The van der Waals surface area contributed by atoms with E-state index in [2.05, 4.69) is 9.97 Å². The molecule has 1 atom stereocenters. The van der Waals surface area contributed by atoms with Gasteiger partial charge >= 0.3 is 0 Å². The van der Waals surface area contributed by atoms with Gasteiger partial charge in [-0.2, -0.15) is 0 Å². The quantitative estimate of drug-likeness (QED) is 0.419. The minimum absolute atomic E-state index is 0.0266. The van der Waals surface area contributed by atoms with Gasteiger partial charge in [-0.3, -0.25) is 9.59 Å². The first-order chi connectivity index (χ1) is 15.5. The molecule has 5 rings (SSSR count). The number of H-pyrrole nitrogens is 1. The number of hydrogen-bond donors (Lipinski definition) is 1. The fourth-order valence-corrected chi connectivity index (χ4v) is 5.02. The van der Waals surface area contributed by atoms with Crippen LogP contribution in [0.25, 0.3) is 21.8 Å². The number of aromatic nitrogens is 2. The van der Waals surface area contributed by atoms with Crippen LogP contribution >= 0.6 is 22.9 Å². The normalized spacial score (nSPS) is 15.4. The van der Waals surface area contributed by atoms with Crippen LogP contribution in [0.15, 0.2) is 64.8 Å². The summed E-state index contributed by atoms with van der Waals surface area (Å²) in [6, 6.07) is 16.8. The molecule has 2 heterocycles. The van der Waals surface area contributed by atoms with E-state index in [4.69, 9.17) is 16.3 Å². The van der Waals surface area contributed by atoms with E-state index in [1.807, 2.05) is 41.8 Å². The minimum atomic E-state index is -0.232. The Morgan fingerprint density at radius 3 is 2.50 bits per heavy atom. The predicted octanol–water partition coefficient (Wildman–Crippen LogP) is 5.74. The summed E-state index contributed by atoms with van der Waals surface area (Å²) in [5.74, 6) is 0.827. The summed E-state index contributed by atoms with van der Waals surface area (Å²) in [4.78, 5) is 33.4. The Morgan fingerprint density at radius 1 is 1.03 bits per heavy atom. The summed E-state index contributed by atoms with van der Waals surface area (Å²) in [5, 5.41) is 3.14. The number of nitrogens with one attached hydrogen (secondary N) is 1. The van der Waals surface area contributed by atoms with Gasteiger partial charge in [-0.05, 0) is 48.2 Å². The number of nitrogens with zero attached hydrogens (tertiary/aromatic N) is 1. The van der Waals surface area contributed by atoms with Gasteiger partial charge in [0.25, 0.3) is 5.56 Å². The lowest BCUT2D eigenvalue weighted by molar-refractivity contribution is 0.0963. The molecule has 1 aliphatic rings. The molecule has 32 heavy (non-hydrogen) atoms. The van der Waals surface area contributed by atoms with Gasteiger partial charge in [0.2, 0.25) is 0 Å². The van der Waals surface area contributed by atoms with Crippen LogP contribution in [0.2, 0.25) is 5.02 Å². The first kappa shape index (κ1) is 20.7. The van der Waals surface area contributed by atoms with E-state index in [9.17, 15) is 9.59 Å². The van der Waals surface area contributed by atoms with Crippen molar-refractivity contribution in [1.29, 1.82) is 0 Å². The van der Waals surface area contributed by atoms with Gasteiger partial charge in [-0.1, -0.05) is 35.9 Å². The highest BCUT2D eigenvalue weighted by Crippen LogP contribution is 2.34. The molecular formula is C25H19ClN2O3S. The molecule has 0 bridgehead atoms. The molecule has 0 unspecified atom stereocenters. The Labute approximate surface area is 193 Å². The maximum atomic E-state index is 13.0. The van der Waals surface area contributed by atoms with Crippen molar-refractivity contribution in [2.45, 2.75) is 18.8 Å². The zero-order chi connectivity index (χ0) is 22.2. The second kappa shape index (κ2) is 8.37. The molecule has 0 fully saturated rings. The van der Waals surface area contributed by atoms with Crippen LogP contribution in [0.5, 0.6) is 5.75 Å². The highest BCUT2D eigenvalue weighted by atomic mass is 35.5. The number of ketones is 1. The van der Waals surface area contributed by atoms with Crippen LogP contribution in [0, 0.1) is 0 Å². The highest BCUT2D eigenvalue weighted by Gasteiger charge is 2.28. The average Bonchev–Trinajstić information content (AvgIpc) is 3.29. The number of aromatic amines is 1. The second-order valence-corrected chi connectivity index (χ2v) is 9.05. The largest absolute Gasteiger partial charge is 0.497 e. The summed E-state index contributed by atoms with van der Waals surface area (Å²) in [6.45, 7) is 0. The third-order valence-corrected chi connectivity index (χ3v) is 6.89. The molecule has 2 aromatic carbocycles. The molecule has 0 amide bonds. The van der Waals surface area contributed by atoms with Crippen LogP contribution in [-0.4, -0.2) is 22.9 Å². The van der Waals surface area contributed by atoms with Crippen molar-refractivity contribution in [3.8, 4) is 27.6 Å². The van der Waals surface area contributed by atoms with E-state index >= 15 is 0 Å². The summed E-state index contributed by atoms with van der Waals surface area (Å²) < 4.78 is 5.21. The minimum Gasteiger partial charge on any atom is -0.497 e. The molecule has 7 heteroatoms. The number of halogens is 1. The maximum absolute atomic E-state index is 13.0. The topological polar surface area (TPSA) is 72.0 Å². The third-order valence-electron chi connectivity index (χ3n) is 5.77. The van der Waals surface area contributed by atoms with Crippen molar-refractivity contribution in [2.75, 3.05) is 7.11 Å². The third kappa shape index (κ3) is 3.87. The van der Waals surface area contributed by atoms with Crippen LogP contribution in [0.4, 0.5) is 0 Å². The molecule has 160 valence electrons. The van der Waals surface area contributed by atoms with Gasteiger partial charge in [0, 0.05) is 33.6 Å². The van der Waals surface area contributed by atoms with Crippen LogP contribution in [0.3, 0.4) is 0 Å². The first-order valence-corrected chi connectivity index (χ1v) is 11.4. The summed E-state index contributed by atoms with van der Waals surface area (Å²) >= 11 is 7.35. The Kier molecular flexibility index (Phi) is 5.41. The Hall–Kier alpha value is -3.22. The summed E-state index contributed by atoms with van der Waals surface area (Å²) in [7, 11) is 1.62. The lowest BCUT2D eigenvalue weighted by Crippen LogP contribution is -2.24. The van der Waals surface area contributed by atoms with Gasteiger partial charge in [0.15, 0.2) is 5.78 Å². The molecule has 2 aromatic heterocycles. The van der Waals surface area contributed by atoms with E-state index in [1.54, 1.807) is 25.3 Å². The molecule has 1 N–H and O–H groups in total. The van der Waals surface area contributed by atoms with Crippen molar-refractivity contribution >= 4 is 28.7 Å². The monoisotopic (exact) mass is 462 g/mol. The zero-order valence-corrected chi connectivity index (χ0v) is 18.8. The fourth-order valence-electron chi connectivity index (χ4n) is 4.05. The molecule has 0 saturated carbocycles. The van der Waals surface area contributed by atoms with Crippen molar-refractivity contribution in [2.24, 2.45) is 0 Å². The second-order valence-electron chi connectivity index (χ2n) is 7.75. The van der Waals surface area contributed by atoms with E-state index in [0.29, 0.717) is 39.7 Å². The predicted molar refractivity (Wildman–Crippen MR) is 127 cm³/mol. The number of benzene rings is 2. The number of carbonyl (C=O) groups excluding carboxylic acids is 1. The molecule has 0 aliphatic heterocycles. The van der Waals surface area contributed by atoms with Crippen LogP contribution in [-0.2, 0) is 6.42 Å². The van der Waals surface area contributed by atoms with Gasteiger partial charge < -0.3 is 9.72 Å². The first-order valence-electron chi connectivity index (χ1n) is 10.2. The Morgan fingerprint density at radius 2 is 1.78 bits per heavy atom. The number of thiazole rings is 1. The van der Waals surface area contributed by atoms with Crippen molar-refractivity contribution in [3.63, 3.8) is 0 Å². The molecule has 0 radical (unpaired) electrons. The summed E-state index contributed by atoms with van der Waals surface area (Å²) in [5.41, 5.74) is 4.20. The smallest absolute Gasteiger partial charge is 0.258 e. The SMILES string of the molecule is COc1ccc([C@H]2CC(=O)c3cc(-c4nc(-c5ccc(Cl)cc5)cs4)c(=O)[nH]c3C2)cc1. The van der Waals surface area contributed by atoms with Gasteiger partial charge in [-0.15, -0.1) is 11.3 Å². The standard InChI is InChI=1S/C25H19ClN2O3S/c1-31-18-8-4-14(5-9-18)16-10-21-19(23(29)11-16)12-20(24(30)27-21)25-28-22(13-32-25)15-2-6-17(26)7-3-15/h2-9,12-13,16H,10-11H2,1H3,(H,27,30)/t16-/m1/s1. The molecule has 0 spiro atoms. The molecular weight excluding hydrogens is 444 g/mol. The van der Waals surface area contributed by atoms with Crippen molar-refractivity contribution in [1.82, 2.24) is 9.97 Å². The number of carbonyl (C=O) groups is 1. The van der Waals surface area contributed by atoms with E-state index < -0.39 is 0 Å². The lowest BCUT2D eigenvalue weighted by Gasteiger charge is -2.24. The number of methoxy groups -OCH3 is 1. The lowest BCUT2D eigenvalue weighted by atomic mass is 9.81.